The summed E-state index contributed by atoms with van der Waals surface area (Å²) in [6, 6.07) is 5.42. The quantitative estimate of drug-likeness (QED) is 0.868. The average molecular weight is 311 g/mol. The number of carboxylic acids is 1. The first-order valence-electron chi connectivity index (χ1n) is 6.64. The molecule has 0 radical (unpaired) electrons. The first-order valence-corrected chi connectivity index (χ1v) is 7.43. The van der Waals surface area contributed by atoms with Crippen LogP contribution in [0.25, 0.3) is 0 Å². The summed E-state index contributed by atoms with van der Waals surface area (Å²) in [6.45, 7) is 2.27. The van der Waals surface area contributed by atoms with Crippen molar-refractivity contribution < 1.29 is 9.90 Å². The summed E-state index contributed by atoms with van der Waals surface area (Å²) in [7, 11) is 0. The summed E-state index contributed by atoms with van der Waals surface area (Å²) >= 11 is 3.52. The smallest absolute Gasteiger partial charge is 0.335 e. The standard InChI is InChI=1S/C15H19BrO2/c1-2-10-3-5-11(6-4-10)13-8-7-12(15(17)18)9-14(13)16/h7-11H,2-6H2,1H3,(H,17,18). The molecule has 1 aliphatic carbocycles. The summed E-state index contributed by atoms with van der Waals surface area (Å²) in [5.41, 5.74) is 1.63. The molecule has 1 saturated carbocycles. The van der Waals surface area contributed by atoms with Gasteiger partial charge in [0.15, 0.2) is 0 Å². The van der Waals surface area contributed by atoms with E-state index >= 15 is 0 Å². The fourth-order valence-corrected chi connectivity index (χ4v) is 3.58. The second-order valence-corrected chi connectivity index (χ2v) is 6.02. The SMILES string of the molecule is CCC1CCC(c2ccc(C(=O)O)cc2Br)CC1. The lowest BCUT2D eigenvalue weighted by Gasteiger charge is -2.28. The van der Waals surface area contributed by atoms with Crippen molar-refractivity contribution >= 4 is 21.9 Å². The molecule has 2 nitrogen and oxygen atoms in total. The van der Waals surface area contributed by atoms with E-state index in [-0.39, 0.29) is 0 Å². The Balaban J connectivity index is 2.12. The average Bonchev–Trinajstić information content (AvgIpc) is 2.38. The van der Waals surface area contributed by atoms with Gasteiger partial charge in [0.1, 0.15) is 0 Å². The van der Waals surface area contributed by atoms with E-state index in [9.17, 15) is 4.79 Å². The van der Waals surface area contributed by atoms with Gasteiger partial charge in [0.25, 0.3) is 0 Å². The van der Waals surface area contributed by atoms with Crippen molar-refractivity contribution in [2.45, 2.75) is 44.9 Å². The zero-order valence-electron chi connectivity index (χ0n) is 10.7. The van der Waals surface area contributed by atoms with Gasteiger partial charge in [-0.05, 0) is 55.2 Å². The van der Waals surface area contributed by atoms with Crippen molar-refractivity contribution in [3.05, 3.63) is 33.8 Å². The van der Waals surface area contributed by atoms with Gasteiger partial charge in [-0.15, -0.1) is 0 Å². The van der Waals surface area contributed by atoms with Crippen LogP contribution < -0.4 is 0 Å². The minimum Gasteiger partial charge on any atom is -0.478 e. The topological polar surface area (TPSA) is 37.3 Å². The molecule has 0 unspecified atom stereocenters. The molecule has 18 heavy (non-hydrogen) atoms. The zero-order chi connectivity index (χ0) is 13.1. The first-order chi connectivity index (χ1) is 8.61. The number of hydrogen-bond donors (Lipinski definition) is 1. The molecule has 1 fully saturated rings. The van der Waals surface area contributed by atoms with Crippen LogP contribution in [0.5, 0.6) is 0 Å². The number of benzene rings is 1. The molecule has 0 spiro atoms. The van der Waals surface area contributed by atoms with Gasteiger partial charge in [0, 0.05) is 4.47 Å². The molecular formula is C15H19BrO2. The van der Waals surface area contributed by atoms with Crippen molar-refractivity contribution in [3.8, 4) is 0 Å². The van der Waals surface area contributed by atoms with Crippen LogP contribution in [0.1, 0.15) is 60.9 Å². The number of aromatic carboxylic acids is 1. The maximum atomic E-state index is 10.9. The maximum Gasteiger partial charge on any atom is 0.335 e. The summed E-state index contributed by atoms with van der Waals surface area (Å²) < 4.78 is 0.947. The minimum atomic E-state index is -0.864. The Morgan fingerprint density at radius 3 is 2.50 bits per heavy atom. The van der Waals surface area contributed by atoms with Crippen LogP contribution in [-0.4, -0.2) is 11.1 Å². The van der Waals surface area contributed by atoms with Crippen LogP contribution in [0.2, 0.25) is 0 Å². The minimum absolute atomic E-state index is 0.355. The third kappa shape index (κ3) is 2.94. The van der Waals surface area contributed by atoms with Crippen LogP contribution in [0.15, 0.2) is 22.7 Å². The lowest BCUT2D eigenvalue weighted by Crippen LogP contribution is -2.13. The third-order valence-electron chi connectivity index (χ3n) is 4.11. The van der Waals surface area contributed by atoms with E-state index in [2.05, 4.69) is 22.9 Å². The van der Waals surface area contributed by atoms with Crippen LogP contribution >= 0.6 is 15.9 Å². The van der Waals surface area contributed by atoms with E-state index in [4.69, 9.17) is 5.11 Å². The Bertz CT molecular complexity index is 434. The first kappa shape index (κ1) is 13.6. The number of hydrogen-bond acceptors (Lipinski definition) is 1. The summed E-state index contributed by atoms with van der Waals surface area (Å²) in [5.74, 6) is 0.611. The molecule has 0 amide bonds. The maximum absolute atomic E-state index is 10.9. The van der Waals surface area contributed by atoms with E-state index in [0.717, 1.165) is 10.4 Å². The molecule has 1 aromatic rings. The Hall–Kier alpha value is -0.830. The second-order valence-electron chi connectivity index (χ2n) is 5.17. The van der Waals surface area contributed by atoms with E-state index in [1.165, 1.54) is 37.7 Å². The van der Waals surface area contributed by atoms with Crippen LogP contribution in [0, 0.1) is 5.92 Å². The second kappa shape index (κ2) is 5.87. The number of carbonyl (C=O) groups is 1. The van der Waals surface area contributed by atoms with Crippen molar-refractivity contribution in [2.75, 3.05) is 0 Å². The summed E-state index contributed by atoms with van der Waals surface area (Å²) in [5, 5.41) is 8.96. The normalized spacial score (nSPS) is 23.9. The molecule has 0 bridgehead atoms. The molecule has 98 valence electrons. The van der Waals surface area contributed by atoms with Gasteiger partial charge in [-0.25, -0.2) is 4.79 Å². The molecule has 1 aliphatic rings. The molecule has 1 aromatic carbocycles. The Labute approximate surface area is 117 Å². The molecule has 0 aliphatic heterocycles. The third-order valence-corrected chi connectivity index (χ3v) is 4.80. The van der Waals surface area contributed by atoms with Gasteiger partial charge in [-0.3, -0.25) is 0 Å². The van der Waals surface area contributed by atoms with E-state index < -0.39 is 5.97 Å². The monoisotopic (exact) mass is 310 g/mol. The van der Waals surface area contributed by atoms with Crippen molar-refractivity contribution in [2.24, 2.45) is 5.92 Å². The van der Waals surface area contributed by atoms with Crippen molar-refractivity contribution in [1.29, 1.82) is 0 Å². The van der Waals surface area contributed by atoms with Gasteiger partial charge >= 0.3 is 5.97 Å². The van der Waals surface area contributed by atoms with Gasteiger partial charge < -0.3 is 5.11 Å². The molecule has 0 atom stereocenters. The number of rotatable bonds is 3. The lowest BCUT2D eigenvalue weighted by atomic mass is 9.78. The zero-order valence-corrected chi connectivity index (χ0v) is 12.2. The molecule has 2 rings (SSSR count). The Morgan fingerprint density at radius 1 is 1.33 bits per heavy atom. The van der Waals surface area contributed by atoms with Crippen molar-refractivity contribution in [3.63, 3.8) is 0 Å². The highest BCUT2D eigenvalue weighted by atomic mass is 79.9. The van der Waals surface area contributed by atoms with Gasteiger partial charge in [-0.2, -0.15) is 0 Å². The molecule has 0 heterocycles. The number of carboxylic acid groups (broad SMARTS) is 1. The van der Waals surface area contributed by atoms with Crippen LogP contribution in [0.3, 0.4) is 0 Å². The lowest BCUT2D eigenvalue weighted by molar-refractivity contribution is 0.0697. The fraction of sp³-hybridized carbons (Fsp3) is 0.533. The summed E-state index contributed by atoms with van der Waals surface area (Å²) in [4.78, 5) is 10.9. The highest BCUT2D eigenvalue weighted by Gasteiger charge is 2.23. The van der Waals surface area contributed by atoms with E-state index in [0.29, 0.717) is 11.5 Å². The Kier molecular flexibility index (Phi) is 4.44. The van der Waals surface area contributed by atoms with E-state index in [1.54, 1.807) is 12.1 Å². The van der Waals surface area contributed by atoms with Crippen molar-refractivity contribution in [1.82, 2.24) is 0 Å². The van der Waals surface area contributed by atoms with Gasteiger partial charge in [0.05, 0.1) is 5.56 Å². The molecular weight excluding hydrogens is 292 g/mol. The molecule has 3 heteroatoms. The predicted molar refractivity (Wildman–Crippen MR) is 76.1 cm³/mol. The highest BCUT2D eigenvalue weighted by Crippen LogP contribution is 2.39. The molecule has 0 saturated heterocycles. The predicted octanol–water partition coefficient (Wildman–Crippen LogP) is 4.83. The van der Waals surface area contributed by atoms with Crippen LogP contribution in [-0.2, 0) is 0 Å². The largest absolute Gasteiger partial charge is 0.478 e. The van der Waals surface area contributed by atoms with Gasteiger partial charge in [-0.1, -0.05) is 35.3 Å². The summed E-state index contributed by atoms with van der Waals surface area (Å²) in [6.07, 6.45) is 6.33. The van der Waals surface area contributed by atoms with E-state index in [1.807, 2.05) is 6.07 Å². The Morgan fingerprint density at radius 2 is 2.00 bits per heavy atom. The highest BCUT2D eigenvalue weighted by molar-refractivity contribution is 9.10. The number of halogens is 1. The molecule has 1 N–H and O–H groups in total. The van der Waals surface area contributed by atoms with Gasteiger partial charge in [0.2, 0.25) is 0 Å². The fourth-order valence-electron chi connectivity index (χ4n) is 2.87. The van der Waals surface area contributed by atoms with Crippen LogP contribution in [0.4, 0.5) is 0 Å². The molecule has 0 aromatic heterocycles.